The smallest absolute Gasteiger partial charge is 0.322 e. The summed E-state index contributed by atoms with van der Waals surface area (Å²) in [6, 6.07) is 3.01. The lowest BCUT2D eigenvalue weighted by molar-refractivity contribution is -0.126. The first-order valence-corrected chi connectivity index (χ1v) is 6.46. The predicted octanol–water partition coefficient (Wildman–Crippen LogP) is 3.85. The van der Waals surface area contributed by atoms with Gasteiger partial charge in [0.2, 0.25) is 5.91 Å². The maximum atomic E-state index is 11.9. The highest BCUT2D eigenvalue weighted by Gasteiger charge is 2.26. The van der Waals surface area contributed by atoms with Gasteiger partial charge in [-0.15, -0.1) is 0 Å². The molecule has 0 heterocycles. The van der Waals surface area contributed by atoms with Crippen molar-refractivity contribution in [2.24, 2.45) is 0 Å². The number of rotatable bonds is 4. The Bertz CT molecular complexity index is 459. The molecule has 0 fully saturated rings. The van der Waals surface area contributed by atoms with Crippen molar-refractivity contribution in [2.75, 3.05) is 18.4 Å². The zero-order valence-electron chi connectivity index (χ0n) is 9.24. The number of halogens is 6. The Labute approximate surface area is 125 Å². The van der Waals surface area contributed by atoms with E-state index >= 15 is 0 Å². The summed E-state index contributed by atoms with van der Waals surface area (Å²) in [5, 5.41) is 4.67. The van der Waals surface area contributed by atoms with Crippen molar-refractivity contribution in [1.82, 2.24) is 5.32 Å². The van der Waals surface area contributed by atoms with E-state index in [-0.39, 0.29) is 15.7 Å². The SMILES string of the molecule is O=C(CNCC(F)(F)F)Nc1c(Cl)cc(Br)cc1Cl. The maximum Gasteiger partial charge on any atom is 0.401 e. The van der Waals surface area contributed by atoms with E-state index in [9.17, 15) is 18.0 Å². The lowest BCUT2D eigenvalue weighted by Crippen LogP contribution is -2.35. The van der Waals surface area contributed by atoms with Gasteiger partial charge in [0.15, 0.2) is 0 Å². The fourth-order valence-electron chi connectivity index (χ4n) is 1.16. The van der Waals surface area contributed by atoms with Crippen LogP contribution in [0.25, 0.3) is 0 Å². The van der Waals surface area contributed by atoms with E-state index in [1.807, 2.05) is 5.32 Å². The summed E-state index contributed by atoms with van der Waals surface area (Å²) in [7, 11) is 0. The van der Waals surface area contributed by atoms with Crippen molar-refractivity contribution < 1.29 is 18.0 Å². The summed E-state index contributed by atoms with van der Waals surface area (Å²) >= 11 is 14.9. The predicted molar refractivity (Wildman–Crippen MR) is 71.7 cm³/mol. The number of benzene rings is 1. The molecule has 0 radical (unpaired) electrons. The molecule has 2 N–H and O–H groups in total. The lowest BCUT2D eigenvalue weighted by Gasteiger charge is -2.11. The first kappa shape index (κ1) is 16.6. The third-order valence-corrected chi connectivity index (χ3v) is 2.94. The summed E-state index contributed by atoms with van der Waals surface area (Å²) < 4.78 is 36.2. The number of hydrogen-bond donors (Lipinski definition) is 2. The van der Waals surface area contributed by atoms with E-state index in [4.69, 9.17) is 23.2 Å². The Balaban J connectivity index is 2.58. The van der Waals surface area contributed by atoms with E-state index in [0.717, 1.165) is 0 Å². The van der Waals surface area contributed by atoms with Gasteiger partial charge in [0, 0.05) is 4.47 Å². The second-order valence-electron chi connectivity index (χ2n) is 3.51. The molecule has 19 heavy (non-hydrogen) atoms. The molecule has 0 saturated carbocycles. The minimum atomic E-state index is -4.37. The Kier molecular flexibility index (Phi) is 5.91. The molecular formula is C10H8BrCl2F3N2O. The van der Waals surface area contributed by atoms with Gasteiger partial charge in [-0.1, -0.05) is 39.1 Å². The van der Waals surface area contributed by atoms with Gasteiger partial charge in [-0.2, -0.15) is 13.2 Å². The highest BCUT2D eigenvalue weighted by Crippen LogP contribution is 2.33. The third kappa shape index (κ3) is 5.99. The molecule has 0 bridgehead atoms. The summed E-state index contributed by atoms with van der Waals surface area (Å²) in [6.45, 7) is -1.75. The van der Waals surface area contributed by atoms with Gasteiger partial charge in [0.05, 0.1) is 28.8 Å². The molecule has 0 unspecified atom stereocenters. The van der Waals surface area contributed by atoms with Crippen LogP contribution in [0.2, 0.25) is 10.0 Å². The molecule has 1 aromatic rings. The summed E-state index contributed by atoms with van der Waals surface area (Å²) in [4.78, 5) is 11.4. The van der Waals surface area contributed by atoms with E-state index in [1.54, 1.807) is 0 Å². The number of amides is 1. The number of anilines is 1. The minimum Gasteiger partial charge on any atom is -0.322 e. The van der Waals surface area contributed by atoms with Crippen LogP contribution in [-0.4, -0.2) is 25.2 Å². The molecule has 0 atom stereocenters. The molecule has 9 heteroatoms. The van der Waals surface area contributed by atoms with Gasteiger partial charge in [-0.05, 0) is 12.1 Å². The molecule has 1 aromatic carbocycles. The van der Waals surface area contributed by atoms with Crippen molar-refractivity contribution in [3.05, 3.63) is 26.7 Å². The molecule has 3 nitrogen and oxygen atoms in total. The monoisotopic (exact) mass is 378 g/mol. The topological polar surface area (TPSA) is 41.1 Å². The van der Waals surface area contributed by atoms with Crippen LogP contribution in [-0.2, 0) is 4.79 Å². The van der Waals surface area contributed by atoms with Crippen LogP contribution in [0.15, 0.2) is 16.6 Å². The second kappa shape index (κ2) is 6.78. The number of carbonyl (C=O) groups excluding carboxylic acids is 1. The zero-order valence-corrected chi connectivity index (χ0v) is 12.3. The first-order chi connectivity index (χ1) is 8.69. The molecular weight excluding hydrogens is 372 g/mol. The second-order valence-corrected chi connectivity index (χ2v) is 5.24. The Morgan fingerprint density at radius 3 is 2.26 bits per heavy atom. The highest BCUT2D eigenvalue weighted by molar-refractivity contribution is 9.10. The van der Waals surface area contributed by atoms with E-state index < -0.39 is 25.2 Å². The molecule has 0 aliphatic heterocycles. The lowest BCUT2D eigenvalue weighted by atomic mass is 10.3. The fraction of sp³-hybridized carbons (Fsp3) is 0.300. The van der Waals surface area contributed by atoms with Gasteiger partial charge in [-0.3, -0.25) is 4.79 Å². The van der Waals surface area contributed by atoms with Crippen molar-refractivity contribution in [2.45, 2.75) is 6.18 Å². The van der Waals surface area contributed by atoms with E-state index in [2.05, 4.69) is 21.2 Å². The first-order valence-electron chi connectivity index (χ1n) is 4.91. The van der Waals surface area contributed by atoms with Crippen LogP contribution >= 0.6 is 39.1 Å². The van der Waals surface area contributed by atoms with Crippen molar-refractivity contribution in [3.8, 4) is 0 Å². The molecule has 1 rings (SSSR count). The van der Waals surface area contributed by atoms with Gasteiger partial charge in [-0.25, -0.2) is 0 Å². The van der Waals surface area contributed by atoms with Gasteiger partial charge >= 0.3 is 6.18 Å². The highest BCUT2D eigenvalue weighted by atomic mass is 79.9. The molecule has 0 spiro atoms. The average molecular weight is 380 g/mol. The average Bonchev–Trinajstić information content (AvgIpc) is 2.21. The normalized spacial score (nSPS) is 11.5. The minimum absolute atomic E-state index is 0.158. The quantitative estimate of drug-likeness (QED) is 0.834. The zero-order chi connectivity index (χ0) is 14.6. The molecule has 0 aromatic heterocycles. The van der Waals surface area contributed by atoms with Gasteiger partial charge in [0.1, 0.15) is 0 Å². The van der Waals surface area contributed by atoms with Crippen molar-refractivity contribution in [3.63, 3.8) is 0 Å². The summed E-state index contributed by atoms with van der Waals surface area (Å²) in [5.74, 6) is -0.671. The summed E-state index contributed by atoms with van der Waals surface area (Å²) in [6.07, 6.45) is -4.37. The fourth-order valence-corrected chi connectivity index (χ4v) is 2.47. The van der Waals surface area contributed by atoms with Crippen LogP contribution in [0.3, 0.4) is 0 Å². The van der Waals surface area contributed by atoms with E-state index in [0.29, 0.717) is 4.47 Å². The van der Waals surface area contributed by atoms with E-state index in [1.165, 1.54) is 12.1 Å². The van der Waals surface area contributed by atoms with Crippen LogP contribution in [0, 0.1) is 0 Å². The van der Waals surface area contributed by atoms with Gasteiger partial charge in [0.25, 0.3) is 0 Å². The number of nitrogens with one attached hydrogen (secondary N) is 2. The third-order valence-electron chi connectivity index (χ3n) is 1.88. The number of hydrogen-bond acceptors (Lipinski definition) is 2. The Hall–Kier alpha value is -0.500. The standard InChI is InChI=1S/C10H8BrCl2F3N2O/c11-5-1-6(12)9(7(13)2-5)18-8(19)3-17-4-10(14,15)16/h1-2,17H,3-4H2,(H,18,19). The van der Waals surface area contributed by atoms with Crippen molar-refractivity contribution in [1.29, 1.82) is 0 Å². The van der Waals surface area contributed by atoms with Crippen LogP contribution in [0.1, 0.15) is 0 Å². The molecule has 1 amide bonds. The molecule has 0 saturated heterocycles. The van der Waals surface area contributed by atoms with Crippen LogP contribution in [0.5, 0.6) is 0 Å². The van der Waals surface area contributed by atoms with Gasteiger partial charge < -0.3 is 10.6 Å². The van der Waals surface area contributed by atoms with Crippen LogP contribution < -0.4 is 10.6 Å². The maximum absolute atomic E-state index is 11.9. The summed E-state index contributed by atoms with van der Waals surface area (Å²) in [5.41, 5.74) is 0.158. The molecule has 106 valence electrons. The number of carbonyl (C=O) groups is 1. The number of alkyl halides is 3. The Morgan fingerprint density at radius 2 is 1.79 bits per heavy atom. The Morgan fingerprint density at radius 1 is 1.26 bits per heavy atom. The molecule has 0 aliphatic rings. The van der Waals surface area contributed by atoms with Crippen LogP contribution in [0.4, 0.5) is 18.9 Å². The molecule has 0 aliphatic carbocycles. The largest absolute Gasteiger partial charge is 0.401 e. The van der Waals surface area contributed by atoms with Crippen molar-refractivity contribution >= 4 is 50.7 Å².